The van der Waals surface area contributed by atoms with Crippen LogP contribution in [0.25, 0.3) is 0 Å². The minimum Gasteiger partial charge on any atom is -0.313 e. The lowest BCUT2D eigenvalue weighted by Gasteiger charge is -2.22. The van der Waals surface area contributed by atoms with E-state index in [1.165, 1.54) is 33.4 Å². The van der Waals surface area contributed by atoms with Crippen LogP contribution in [0.1, 0.15) is 39.4 Å². The molecule has 1 heteroatoms. The van der Waals surface area contributed by atoms with Crippen molar-refractivity contribution in [3.63, 3.8) is 0 Å². The van der Waals surface area contributed by atoms with Crippen LogP contribution in [0, 0.1) is 27.7 Å². The van der Waals surface area contributed by atoms with Crippen molar-refractivity contribution < 1.29 is 0 Å². The summed E-state index contributed by atoms with van der Waals surface area (Å²) in [6, 6.07) is 13.8. The molecule has 0 bridgehead atoms. The van der Waals surface area contributed by atoms with E-state index in [9.17, 15) is 0 Å². The molecule has 2 rings (SSSR count). The Bertz CT molecular complexity index is 558. The van der Waals surface area contributed by atoms with E-state index in [-0.39, 0.29) is 0 Å². The lowest BCUT2D eigenvalue weighted by molar-refractivity contribution is 0.585. The van der Waals surface area contributed by atoms with Crippen LogP contribution >= 0.6 is 0 Å². The van der Waals surface area contributed by atoms with E-state index in [4.69, 9.17) is 0 Å². The molecule has 0 aromatic heterocycles. The summed E-state index contributed by atoms with van der Waals surface area (Å²) in [6.45, 7) is 8.73. The van der Waals surface area contributed by atoms with Crippen LogP contribution in [-0.2, 0) is 6.42 Å². The van der Waals surface area contributed by atoms with E-state index in [0.29, 0.717) is 6.04 Å². The van der Waals surface area contributed by atoms with Gasteiger partial charge in [0.25, 0.3) is 0 Å². The lowest BCUT2D eigenvalue weighted by atomic mass is 9.90. The van der Waals surface area contributed by atoms with Gasteiger partial charge in [-0.05, 0) is 63.4 Å². The summed E-state index contributed by atoms with van der Waals surface area (Å²) in [6.07, 6.45) is 1.03. The number of aryl methyl sites for hydroxylation is 4. The van der Waals surface area contributed by atoms with Crippen molar-refractivity contribution in [2.24, 2.45) is 0 Å². The molecule has 0 saturated carbocycles. The Morgan fingerprint density at radius 3 is 1.90 bits per heavy atom. The second kappa shape index (κ2) is 6.23. The molecule has 0 radical (unpaired) electrons. The molecule has 0 aliphatic carbocycles. The van der Waals surface area contributed by atoms with Gasteiger partial charge in [-0.25, -0.2) is 0 Å². The topological polar surface area (TPSA) is 12.0 Å². The maximum absolute atomic E-state index is 3.48. The number of nitrogens with one attached hydrogen (secondary N) is 1. The van der Waals surface area contributed by atoms with Crippen LogP contribution in [0.2, 0.25) is 0 Å². The first-order valence-corrected chi connectivity index (χ1v) is 7.32. The molecule has 20 heavy (non-hydrogen) atoms. The van der Waals surface area contributed by atoms with Gasteiger partial charge in [0, 0.05) is 6.04 Å². The highest BCUT2D eigenvalue weighted by molar-refractivity contribution is 5.40. The molecule has 0 spiro atoms. The predicted octanol–water partition coefficient (Wildman–Crippen LogP) is 4.42. The minimum atomic E-state index is 0.373. The van der Waals surface area contributed by atoms with Gasteiger partial charge in [0.15, 0.2) is 0 Å². The molecule has 1 N–H and O–H groups in total. The van der Waals surface area contributed by atoms with E-state index < -0.39 is 0 Å². The number of likely N-dealkylation sites (N-methyl/N-ethyl adjacent to an activating group) is 1. The fraction of sp³-hybridized carbons (Fsp3) is 0.368. The zero-order valence-electron chi connectivity index (χ0n) is 13.2. The third-order valence-corrected chi connectivity index (χ3v) is 4.00. The van der Waals surface area contributed by atoms with Crippen molar-refractivity contribution in [1.82, 2.24) is 5.32 Å². The summed E-state index contributed by atoms with van der Waals surface area (Å²) in [4.78, 5) is 0. The standard InChI is InChI=1S/C19H25N/c1-13-6-8-17(9-7-13)12-18(20-5)19-15(3)10-14(2)11-16(19)4/h6-11,18,20H,12H2,1-5H3. The summed E-state index contributed by atoms with van der Waals surface area (Å²) in [5.41, 5.74) is 8.25. The van der Waals surface area contributed by atoms with Crippen molar-refractivity contribution >= 4 is 0 Å². The minimum absolute atomic E-state index is 0.373. The van der Waals surface area contributed by atoms with Gasteiger partial charge < -0.3 is 5.32 Å². The molecular formula is C19H25N. The van der Waals surface area contributed by atoms with Gasteiger partial charge >= 0.3 is 0 Å². The highest BCUT2D eigenvalue weighted by atomic mass is 14.9. The fourth-order valence-electron chi connectivity index (χ4n) is 3.05. The lowest BCUT2D eigenvalue weighted by Crippen LogP contribution is -2.21. The van der Waals surface area contributed by atoms with Gasteiger partial charge in [0.05, 0.1) is 0 Å². The van der Waals surface area contributed by atoms with Gasteiger partial charge in [-0.1, -0.05) is 47.5 Å². The highest BCUT2D eigenvalue weighted by Gasteiger charge is 2.15. The zero-order chi connectivity index (χ0) is 14.7. The smallest absolute Gasteiger partial charge is 0.0363 e. The molecule has 0 aliphatic heterocycles. The molecule has 0 amide bonds. The van der Waals surface area contributed by atoms with Crippen molar-refractivity contribution in [1.29, 1.82) is 0 Å². The van der Waals surface area contributed by atoms with Crippen LogP contribution in [-0.4, -0.2) is 7.05 Å². The molecule has 0 aliphatic rings. The first kappa shape index (κ1) is 14.8. The van der Waals surface area contributed by atoms with Gasteiger partial charge in [-0.2, -0.15) is 0 Å². The Hall–Kier alpha value is -1.60. The van der Waals surface area contributed by atoms with Crippen LogP contribution in [0.15, 0.2) is 36.4 Å². The Kier molecular flexibility index (Phi) is 4.61. The van der Waals surface area contributed by atoms with E-state index in [2.05, 4.69) is 76.5 Å². The van der Waals surface area contributed by atoms with Crippen molar-refractivity contribution in [2.45, 2.75) is 40.2 Å². The van der Waals surface area contributed by atoms with E-state index in [0.717, 1.165) is 6.42 Å². The maximum atomic E-state index is 3.48. The summed E-state index contributed by atoms with van der Waals surface area (Å²) in [5.74, 6) is 0. The Morgan fingerprint density at radius 2 is 1.40 bits per heavy atom. The average Bonchev–Trinajstić information content (AvgIpc) is 2.38. The second-order valence-electron chi connectivity index (χ2n) is 5.84. The van der Waals surface area contributed by atoms with Crippen molar-refractivity contribution in [3.8, 4) is 0 Å². The van der Waals surface area contributed by atoms with Crippen LogP contribution in [0.5, 0.6) is 0 Å². The molecule has 0 heterocycles. The van der Waals surface area contributed by atoms with Crippen LogP contribution < -0.4 is 5.32 Å². The largest absolute Gasteiger partial charge is 0.313 e. The monoisotopic (exact) mass is 267 g/mol. The molecule has 0 saturated heterocycles. The molecule has 1 unspecified atom stereocenters. The first-order chi connectivity index (χ1) is 9.51. The van der Waals surface area contributed by atoms with Crippen molar-refractivity contribution in [2.75, 3.05) is 7.05 Å². The Balaban J connectivity index is 2.31. The molecule has 1 atom stereocenters. The summed E-state index contributed by atoms with van der Waals surface area (Å²) >= 11 is 0. The molecule has 1 nitrogen and oxygen atoms in total. The third kappa shape index (κ3) is 3.29. The summed E-state index contributed by atoms with van der Waals surface area (Å²) in [7, 11) is 2.05. The average molecular weight is 267 g/mol. The highest BCUT2D eigenvalue weighted by Crippen LogP contribution is 2.26. The zero-order valence-corrected chi connectivity index (χ0v) is 13.2. The number of hydrogen-bond acceptors (Lipinski definition) is 1. The molecular weight excluding hydrogens is 242 g/mol. The number of hydrogen-bond donors (Lipinski definition) is 1. The normalized spacial score (nSPS) is 12.4. The Morgan fingerprint density at radius 1 is 0.850 bits per heavy atom. The van der Waals surface area contributed by atoms with Gasteiger partial charge in [0.2, 0.25) is 0 Å². The number of rotatable bonds is 4. The van der Waals surface area contributed by atoms with Gasteiger partial charge in [-0.3, -0.25) is 0 Å². The first-order valence-electron chi connectivity index (χ1n) is 7.32. The van der Waals surface area contributed by atoms with E-state index in [1.807, 2.05) is 0 Å². The molecule has 2 aromatic rings. The Labute approximate surface area is 123 Å². The molecule has 106 valence electrons. The second-order valence-corrected chi connectivity index (χ2v) is 5.84. The van der Waals surface area contributed by atoms with Gasteiger partial charge in [-0.15, -0.1) is 0 Å². The fourth-order valence-corrected chi connectivity index (χ4v) is 3.05. The third-order valence-electron chi connectivity index (χ3n) is 4.00. The summed E-state index contributed by atoms with van der Waals surface area (Å²) in [5, 5.41) is 3.48. The molecule has 2 aromatic carbocycles. The quantitative estimate of drug-likeness (QED) is 0.864. The van der Waals surface area contributed by atoms with E-state index >= 15 is 0 Å². The van der Waals surface area contributed by atoms with E-state index in [1.54, 1.807) is 0 Å². The predicted molar refractivity (Wildman–Crippen MR) is 87.3 cm³/mol. The van der Waals surface area contributed by atoms with Crippen LogP contribution in [0.4, 0.5) is 0 Å². The van der Waals surface area contributed by atoms with Crippen LogP contribution in [0.3, 0.4) is 0 Å². The van der Waals surface area contributed by atoms with Gasteiger partial charge in [0.1, 0.15) is 0 Å². The maximum Gasteiger partial charge on any atom is 0.0363 e. The molecule has 0 fully saturated rings. The number of benzene rings is 2. The summed E-state index contributed by atoms with van der Waals surface area (Å²) < 4.78 is 0. The SMILES string of the molecule is CNC(Cc1ccc(C)cc1)c1c(C)cc(C)cc1C. The van der Waals surface area contributed by atoms with Crippen molar-refractivity contribution in [3.05, 3.63) is 69.8 Å².